The average Bonchev–Trinajstić information content (AvgIpc) is 2.79. The lowest BCUT2D eigenvalue weighted by molar-refractivity contribution is -0.110. The predicted molar refractivity (Wildman–Crippen MR) is 91.3 cm³/mol. The highest BCUT2D eigenvalue weighted by Gasteiger charge is 2.27. The van der Waals surface area contributed by atoms with E-state index in [-0.39, 0.29) is 5.91 Å². The van der Waals surface area contributed by atoms with Crippen molar-refractivity contribution in [3.8, 4) is 5.75 Å². The summed E-state index contributed by atoms with van der Waals surface area (Å²) in [5.74, 6) is 0.617. The van der Waals surface area contributed by atoms with Crippen molar-refractivity contribution in [3.05, 3.63) is 52.0 Å². The average molecular weight is 359 g/mol. The summed E-state index contributed by atoms with van der Waals surface area (Å²) >= 11 is 3.46. The Kier molecular flexibility index (Phi) is 3.98. The standard InChI is InChI=1S/C17H15BrN2O2/c1-3-22-13-6-4-12(5-7-13)19-16-14-9-11(18)8-10(2)15(14)20-17(16)21/h4-9H,3H2,1-2H3,(H,19,20,21). The third-order valence-corrected chi connectivity index (χ3v) is 3.86. The monoisotopic (exact) mass is 358 g/mol. The van der Waals surface area contributed by atoms with Gasteiger partial charge in [-0.3, -0.25) is 4.79 Å². The zero-order valence-corrected chi connectivity index (χ0v) is 13.9. The van der Waals surface area contributed by atoms with Gasteiger partial charge in [0.1, 0.15) is 11.5 Å². The second kappa shape index (κ2) is 5.93. The molecule has 0 aromatic heterocycles. The van der Waals surface area contributed by atoms with Crippen molar-refractivity contribution < 1.29 is 9.53 Å². The van der Waals surface area contributed by atoms with Gasteiger partial charge in [0.05, 0.1) is 18.0 Å². The lowest BCUT2D eigenvalue weighted by Gasteiger charge is -2.04. The highest BCUT2D eigenvalue weighted by atomic mass is 79.9. The Balaban J connectivity index is 2.00. The third kappa shape index (κ3) is 2.76. The molecule has 0 fully saturated rings. The molecule has 5 heteroatoms. The maximum Gasteiger partial charge on any atom is 0.275 e. The van der Waals surface area contributed by atoms with Crippen molar-refractivity contribution in [2.45, 2.75) is 13.8 Å². The largest absolute Gasteiger partial charge is 0.494 e. The molecule has 0 bridgehead atoms. The van der Waals surface area contributed by atoms with Crippen LogP contribution in [-0.4, -0.2) is 18.2 Å². The normalized spacial score (nSPS) is 14.9. The Morgan fingerprint density at radius 2 is 1.95 bits per heavy atom. The number of nitrogens with one attached hydrogen (secondary N) is 1. The summed E-state index contributed by atoms with van der Waals surface area (Å²) < 4.78 is 6.34. The van der Waals surface area contributed by atoms with Crippen molar-refractivity contribution in [1.29, 1.82) is 0 Å². The molecule has 1 N–H and O–H groups in total. The second-order valence-electron chi connectivity index (χ2n) is 4.99. The highest BCUT2D eigenvalue weighted by molar-refractivity contribution is 9.10. The lowest BCUT2D eigenvalue weighted by Crippen LogP contribution is -2.13. The molecule has 1 aliphatic rings. The number of anilines is 1. The van der Waals surface area contributed by atoms with Gasteiger partial charge in [-0.15, -0.1) is 0 Å². The first-order chi connectivity index (χ1) is 10.6. The molecule has 0 saturated carbocycles. The van der Waals surface area contributed by atoms with Crippen LogP contribution in [0.4, 0.5) is 11.4 Å². The molecule has 0 radical (unpaired) electrons. The van der Waals surface area contributed by atoms with Crippen molar-refractivity contribution in [2.75, 3.05) is 11.9 Å². The maximum atomic E-state index is 12.2. The van der Waals surface area contributed by atoms with Gasteiger partial charge in [-0.1, -0.05) is 15.9 Å². The fraction of sp³-hybridized carbons (Fsp3) is 0.176. The number of fused-ring (bicyclic) bond motifs is 1. The summed E-state index contributed by atoms with van der Waals surface area (Å²) in [5.41, 5.74) is 3.82. The molecule has 1 heterocycles. The van der Waals surface area contributed by atoms with Crippen molar-refractivity contribution >= 4 is 38.9 Å². The van der Waals surface area contributed by atoms with Crippen molar-refractivity contribution in [1.82, 2.24) is 0 Å². The van der Waals surface area contributed by atoms with Gasteiger partial charge in [0, 0.05) is 10.0 Å². The number of benzene rings is 2. The van der Waals surface area contributed by atoms with E-state index in [0.29, 0.717) is 12.3 Å². The smallest absolute Gasteiger partial charge is 0.275 e. The Bertz CT molecular complexity index is 767. The molecule has 0 spiro atoms. The zero-order chi connectivity index (χ0) is 15.7. The van der Waals surface area contributed by atoms with Crippen LogP contribution in [-0.2, 0) is 4.79 Å². The maximum absolute atomic E-state index is 12.2. The van der Waals surface area contributed by atoms with Crippen LogP contribution in [0.1, 0.15) is 18.1 Å². The van der Waals surface area contributed by atoms with E-state index in [1.165, 1.54) is 0 Å². The van der Waals surface area contributed by atoms with Gasteiger partial charge in [-0.25, -0.2) is 4.99 Å². The molecule has 1 aliphatic heterocycles. The molecule has 0 aliphatic carbocycles. The molecule has 3 rings (SSSR count). The molecule has 2 aromatic carbocycles. The SMILES string of the molecule is CCOc1ccc(N=C2C(=O)Nc3c(C)cc(Br)cc32)cc1. The molecule has 1 amide bonds. The quantitative estimate of drug-likeness (QED) is 0.892. The molecular weight excluding hydrogens is 344 g/mol. The number of hydrogen-bond donors (Lipinski definition) is 1. The van der Waals surface area contributed by atoms with Gasteiger partial charge >= 0.3 is 0 Å². The summed E-state index contributed by atoms with van der Waals surface area (Å²) in [4.78, 5) is 16.7. The van der Waals surface area contributed by atoms with Gasteiger partial charge < -0.3 is 10.1 Å². The molecule has 0 saturated heterocycles. The van der Waals surface area contributed by atoms with E-state index >= 15 is 0 Å². The van der Waals surface area contributed by atoms with E-state index in [1.807, 2.05) is 50.2 Å². The van der Waals surface area contributed by atoms with Crippen molar-refractivity contribution in [3.63, 3.8) is 0 Å². The molecule has 0 atom stereocenters. The summed E-state index contributed by atoms with van der Waals surface area (Å²) in [6.07, 6.45) is 0. The summed E-state index contributed by atoms with van der Waals surface area (Å²) in [6.45, 7) is 4.52. The van der Waals surface area contributed by atoms with Crippen LogP contribution in [0.3, 0.4) is 0 Å². The molecule has 112 valence electrons. The minimum atomic E-state index is -0.176. The first-order valence-corrected chi connectivity index (χ1v) is 7.81. The minimum Gasteiger partial charge on any atom is -0.494 e. The van der Waals surface area contributed by atoms with Crippen LogP contribution < -0.4 is 10.1 Å². The van der Waals surface area contributed by atoms with Gasteiger partial charge in [-0.2, -0.15) is 0 Å². The van der Waals surface area contributed by atoms with Gasteiger partial charge in [-0.05, 0) is 55.8 Å². The van der Waals surface area contributed by atoms with E-state index in [0.717, 1.165) is 32.7 Å². The topological polar surface area (TPSA) is 50.7 Å². The van der Waals surface area contributed by atoms with E-state index < -0.39 is 0 Å². The van der Waals surface area contributed by atoms with Crippen LogP contribution in [0.2, 0.25) is 0 Å². The first-order valence-electron chi connectivity index (χ1n) is 7.02. The number of amides is 1. The lowest BCUT2D eigenvalue weighted by atomic mass is 10.1. The first kappa shape index (κ1) is 14.8. The number of hydrogen-bond acceptors (Lipinski definition) is 3. The minimum absolute atomic E-state index is 0.176. The van der Waals surface area contributed by atoms with Gasteiger partial charge in [0.25, 0.3) is 5.91 Å². The van der Waals surface area contributed by atoms with Crippen LogP contribution in [0.5, 0.6) is 5.75 Å². The van der Waals surface area contributed by atoms with E-state index in [2.05, 4.69) is 26.2 Å². The number of aryl methyl sites for hydroxylation is 1. The fourth-order valence-corrected chi connectivity index (χ4v) is 2.99. The number of nitrogens with zero attached hydrogens (tertiary/aromatic N) is 1. The molecule has 22 heavy (non-hydrogen) atoms. The summed E-state index contributed by atoms with van der Waals surface area (Å²) in [5, 5.41) is 2.88. The molecule has 4 nitrogen and oxygen atoms in total. The second-order valence-corrected chi connectivity index (χ2v) is 5.90. The molecular formula is C17H15BrN2O2. The third-order valence-electron chi connectivity index (χ3n) is 3.40. The van der Waals surface area contributed by atoms with Crippen LogP contribution in [0, 0.1) is 6.92 Å². The number of ether oxygens (including phenoxy) is 1. The van der Waals surface area contributed by atoms with Crippen molar-refractivity contribution in [2.24, 2.45) is 4.99 Å². The number of halogens is 1. The Morgan fingerprint density at radius 3 is 2.64 bits per heavy atom. The van der Waals surface area contributed by atoms with Gasteiger partial charge in [0.2, 0.25) is 0 Å². The number of carbonyl (C=O) groups is 1. The summed E-state index contributed by atoms with van der Waals surface area (Å²) in [7, 11) is 0. The predicted octanol–water partition coefficient (Wildman–Crippen LogP) is 4.23. The van der Waals surface area contributed by atoms with E-state index in [4.69, 9.17) is 4.74 Å². The van der Waals surface area contributed by atoms with E-state index in [9.17, 15) is 4.79 Å². The zero-order valence-electron chi connectivity index (χ0n) is 12.3. The molecule has 0 unspecified atom stereocenters. The Labute approximate surface area is 137 Å². The molecule has 2 aromatic rings. The van der Waals surface area contributed by atoms with Gasteiger partial charge in [0.15, 0.2) is 0 Å². The number of rotatable bonds is 3. The summed E-state index contributed by atoms with van der Waals surface area (Å²) in [6, 6.07) is 11.3. The Hall–Kier alpha value is -2.14. The fourth-order valence-electron chi connectivity index (χ4n) is 2.41. The van der Waals surface area contributed by atoms with E-state index in [1.54, 1.807) is 0 Å². The van der Waals surface area contributed by atoms with Crippen LogP contribution in [0.15, 0.2) is 45.9 Å². The Morgan fingerprint density at radius 1 is 1.23 bits per heavy atom. The highest BCUT2D eigenvalue weighted by Crippen LogP contribution is 2.32. The number of aliphatic imine (C=N–C) groups is 1. The van der Waals surface area contributed by atoms with Crippen LogP contribution >= 0.6 is 15.9 Å². The van der Waals surface area contributed by atoms with Crippen LogP contribution in [0.25, 0.3) is 0 Å². The number of carbonyl (C=O) groups excluding carboxylic acids is 1.